The summed E-state index contributed by atoms with van der Waals surface area (Å²) in [6, 6.07) is 5.15. The SMILES string of the molecule is COC(=O)c1cccc2c1CN(CC(F)(F)F)CC2. The first-order valence-electron chi connectivity index (χ1n) is 5.89. The van der Waals surface area contributed by atoms with Gasteiger partial charge < -0.3 is 4.74 Å². The van der Waals surface area contributed by atoms with Gasteiger partial charge in [0.2, 0.25) is 0 Å². The lowest BCUT2D eigenvalue weighted by Crippen LogP contribution is -2.38. The molecule has 1 heterocycles. The first-order chi connectivity index (χ1) is 8.90. The third-order valence-electron chi connectivity index (χ3n) is 3.16. The predicted molar refractivity (Wildman–Crippen MR) is 62.8 cm³/mol. The van der Waals surface area contributed by atoms with Crippen LogP contribution in [0.15, 0.2) is 18.2 Å². The maximum atomic E-state index is 12.4. The van der Waals surface area contributed by atoms with Crippen molar-refractivity contribution >= 4 is 5.97 Å². The third kappa shape index (κ3) is 3.26. The summed E-state index contributed by atoms with van der Waals surface area (Å²) in [5, 5.41) is 0. The van der Waals surface area contributed by atoms with Gasteiger partial charge in [0.1, 0.15) is 0 Å². The van der Waals surface area contributed by atoms with Gasteiger partial charge in [-0.05, 0) is 23.6 Å². The van der Waals surface area contributed by atoms with E-state index in [-0.39, 0.29) is 6.54 Å². The molecule has 0 aromatic heterocycles. The average molecular weight is 273 g/mol. The van der Waals surface area contributed by atoms with Crippen LogP contribution >= 0.6 is 0 Å². The Morgan fingerprint density at radius 3 is 2.79 bits per heavy atom. The number of fused-ring (bicyclic) bond motifs is 1. The van der Waals surface area contributed by atoms with Crippen LogP contribution in [0.2, 0.25) is 0 Å². The highest BCUT2D eigenvalue weighted by Gasteiger charge is 2.33. The van der Waals surface area contributed by atoms with E-state index in [2.05, 4.69) is 4.74 Å². The van der Waals surface area contributed by atoms with E-state index in [1.165, 1.54) is 12.0 Å². The maximum absolute atomic E-state index is 12.4. The number of alkyl halides is 3. The number of rotatable bonds is 2. The fourth-order valence-corrected chi connectivity index (χ4v) is 2.33. The summed E-state index contributed by atoms with van der Waals surface area (Å²) >= 11 is 0. The lowest BCUT2D eigenvalue weighted by Gasteiger charge is -2.30. The van der Waals surface area contributed by atoms with Crippen LogP contribution in [0.1, 0.15) is 21.5 Å². The molecule has 6 heteroatoms. The molecule has 0 atom stereocenters. The molecular formula is C13H14F3NO2. The van der Waals surface area contributed by atoms with Crippen molar-refractivity contribution in [3.63, 3.8) is 0 Å². The number of benzene rings is 1. The second kappa shape index (κ2) is 5.21. The molecular weight excluding hydrogens is 259 g/mol. The number of carbonyl (C=O) groups is 1. The minimum absolute atomic E-state index is 0.125. The summed E-state index contributed by atoms with van der Waals surface area (Å²) in [6.07, 6.45) is -3.71. The smallest absolute Gasteiger partial charge is 0.401 e. The van der Waals surface area contributed by atoms with Gasteiger partial charge in [-0.3, -0.25) is 4.90 Å². The van der Waals surface area contributed by atoms with Gasteiger partial charge in [-0.2, -0.15) is 13.2 Å². The number of esters is 1. The second-order valence-electron chi connectivity index (χ2n) is 4.51. The Balaban J connectivity index is 2.25. The van der Waals surface area contributed by atoms with Crippen molar-refractivity contribution in [1.82, 2.24) is 4.90 Å². The van der Waals surface area contributed by atoms with Crippen molar-refractivity contribution in [3.05, 3.63) is 34.9 Å². The van der Waals surface area contributed by atoms with Crippen LogP contribution in [-0.2, 0) is 17.7 Å². The predicted octanol–water partition coefficient (Wildman–Crippen LogP) is 2.39. The number of halogens is 3. The summed E-state index contributed by atoms with van der Waals surface area (Å²) < 4.78 is 41.9. The molecule has 0 spiro atoms. The first kappa shape index (κ1) is 13.9. The molecule has 2 rings (SSSR count). The van der Waals surface area contributed by atoms with E-state index in [0.717, 1.165) is 5.56 Å². The van der Waals surface area contributed by atoms with Gasteiger partial charge in [-0.1, -0.05) is 12.1 Å². The Kier molecular flexibility index (Phi) is 3.80. The van der Waals surface area contributed by atoms with E-state index in [0.29, 0.717) is 24.1 Å². The molecule has 0 radical (unpaired) electrons. The summed E-state index contributed by atoms with van der Waals surface area (Å²) in [4.78, 5) is 12.9. The molecule has 0 fully saturated rings. The standard InChI is InChI=1S/C13H14F3NO2/c1-19-12(18)10-4-2-3-9-5-6-17(7-11(9)10)8-13(14,15)16/h2-4H,5-8H2,1H3. The lowest BCUT2D eigenvalue weighted by molar-refractivity contribution is -0.147. The van der Waals surface area contributed by atoms with Gasteiger partial charge in [-0.15, -0.1) is 0 Å². The molecule has 0 bridgehead atoms. The average Bonchev–Trinajstić information content (AvgIpc) is 2.35. The zero-order chi connectivity index (χ0) is 14.0. The normalized spacial score (nSPS) is 16.0. The van der Waals surface area contributed by atoms with Gasteiger partial charge in [0.15, 0.2) is 0 Å². The molecule has 0 unspecified atom stereocenters. The molecule has 0 N–H and O–H groups in total. The minimum Gasteiger partial charge on any atom is -0.465 e. The highest BCUT2D eigenvalue weighted by molar-refractivity contribution is 5.91. The fraction of sp³-hybridized carbons (Fsp3) is 0.462. The van der Waals surface area contributed by atoms with Crippen LogP contribution in [0.3, 0.4) is 0 Å². The summed E-state index contributed by atoms with van der Waals surface area (Å²) in [7, 11) is 1.26. The molecule has 0 saturated heterocycles. The molecule has 19 heavy (non-hydrogen) atoms. The minimum atomic E-state index is -4.22. The quantitative estimate of drug-likeness (QED) is 0.775. The van der Waals surface area contributed by atoms with Crippen LogP contribution in [0.4, 0.5) is 13.2 Å². The molecule has 0 aliphatic carbocycles. The van der Waals surface area contributed by atoms with Crippen molar-refractivity contribution in [2.75, 3.05) is 20.2 Å². The molecule has 1 aliphatic rings. The van der Waals surface area contributed by atoms with E-state index in [1.54, 1.807) is 12.1 Å². The number of nitrogens with zero attached hydrogens (tertiary/aromatic N) is 1. The van der Waals surface area contributed by atoms with E-state index >= 15 is 0 Å². The van der Waals surface area contributed by atoms with Crippen molar-refractivity contribution in [2.24, 2.45) is 0 Å². The van der Waals surface area contributed by atoms with Crippen LogP contribution in [0.25, 0.3) is 0 Å². The van der Waals surface area contributed by atoms with Crippen molar-refractivity contribution in [1.29, 1.82) is 0 Å². The van der Waals surface area contributed by atoms with Crippen LogP contribution in [0.5, 0.6) is 0 Å². The topological polar surface area (TPSA) is 29.5 Å². The molecule has 1 aromatic carbocycles. The van der Waals surface area contributed by atoms with Gasteiger partial charge in [0.05, 0.1) is 19.2 Å². The van der Waals surface area contributed by atoms with Crippen LogP contribution in [0, 0.1) is 0 Å². The fourth-order valence-electron chi connectivity index (χ4n) is 2.33. The van der Waals surface area contributed by atoms with Gasteiger partial charge in [0, 0.05) is 13.1 Å². The van der Waals surface area contributed by atoms with E-state index in [4.69, 9.17) is 0 Å². The number of hydrogen-bond acceptors (Lipinski definition) is 3. The van der Waals surface area contributed by atoms with Gasteiger partial charge >= 0.3 is 12.1 Å². The Morgan fingerprint density at radius 2 is 2.16 bits per heavy atom. The van der Waals surface area contributed by atoms with Crippen molar-refractivity contribution in [2.45, 2.75) is 19.1 Å². The monoisotopic (exact) mass is 273 g/mol. The highest BCUT2D eigenvalue weighted by Crippen LogP contribution is 2.26. The number of carbonyl (C=O) groups excluding carboxylic acids is 1. The largest absolute Gasteiger partial charge is 0.465 e. The maximum Gasteiger partial charge on any atom is 0.401 e. The molecule has 3 nitrogen and oxygen atoms in total. The summed E-state index contributed by atoms with van der Waals surface area (Å²) in [5.74, 6) is -0.509. The van der Waals surface area contributed by atoms with Gasteiger partial charge in [-0.25, -0.2) is 4.79 Å². The lowest BCUT2D eigenvalue weighted by atomic mass is 9.95. The van der Waals surface area contributed by atoms with Crippen LogP contribution < -0.4 is 0 Å². The zero-order valence-corrected chi connectivity index (χ0v) is 10.5. The van der Waals surface area contributed by atoms with E-state index in [9.17, 15) is 18.0 Å². The number of hydrogen-bond donors (Lipinski definition) is 0. The first-order valence-corrected chi connectivity index (χ1v) is 5.89. The zero-order valence-electron chi connectivity index (χ0n) is 10.5. The van der Waals surface area contributed by atoms with Crippen molar-refractivity contribution in [3.8, 4) is 0 Å². The Labute approximate surface area is 109 Å². The molecule has 0 saturated carbocycles. The summed E-state index contributed by atoms with van der Waals surface area (Å²) in [6.45, 7) is -0.487. The molecule has 0 amide bonds. The highest BCUT2D eigenvalue weighted by atomic mass is 19.4. The Morgan fingerprint density at radius 1 is 1.42 bits per heavy atom. The molecule has 1 aliphatic heterocycles. The number of ether oxygens (including phenoxy) is 1. The van der Waals surface area contributed by atoms with Gasteiger partial charge in [0.25, 0.3) is 0 Å². The summed E-state index contributed by atoms with van der Waals surface area (Å²) in [5.41, 5.74) is 1.91. The molecule has 104 valence electrons. The Hall–Kier alpha value is -1.56. The third-order valence-corrected chi connectivity index (χ3v) is 3.16. The molecule has 1 aromatic rings. The van der Waals surface area contributed by atoms with E-state index < -0.39 is 18.7 Å². The number of methoxy groups -OCH3 is 1. The van der Waals surface area contributed by atoms with Crippen molar-refractivity contribution < 1.29 is 22.7 Å². The van der Waals surface area contributed by atoms with Crippen LogP contribution in [-0.4, -0.2) is 37.2 Å². The van der Waals surface area contributed by atoms with E-state index in [1.807, 2.05) is 6.07 Å². The Bertz CT molecular complexity index is 485. The second-order valence-corrected chi connectivity index (χ2v) is 4.51.